The Morgan fingerprint density at radius 1 is 1.14 bits per heavy atom. The summed E-state index contributed by atoms with van der Waals surface area (Å²) in [7, 11) is -0.796. The Labute approximate surface area is 159 Å². The lowest BCUT2D eigenvalue weighted by Gasteiger charge is -2.11. The van der Waals surface area contributed by atoms with Gasteiger partial charge in [0.2, 0.25) is 0 Å². The monoisotopic (exact) mass is 410 g/mol. The molecule has 28 heavy (non-hydrogen) atoms. The van der Waals surface area contributed by atoms with Crippen molar-refractivity contribution in [1.29, 1.82) is 0 Å². The molecule has 1 N–H and O–H groups in total. The Bertz CT molecular complexity index is 1130. The summed E-state index contributed by atoms with van der Waals surface area (Å²) in [4.78, 5) is 13.6. The van der Waals surface area contributed by atoms with E-state index >= 15 is 0 Å². The van der Waals surface area contributed by atoms with Crippen LogP contribution in [0.3, 0.4) is 0 Å². The third-order valence-electron chi connectivity index (χ3n) is 3.83. The van der Waals surface area contributed by atoms with Gasteiger partial charge >= 0.3 is 12.5 Å². The van der Waals surface area contributed by atoms with Crippen molar-refractivity contribution < 1.29 is 31.1 Å². The molecule has 0 bridgehead atoms. The summed E-state index contributed by atoms with van der Waals surface area (Å²) in [6, 6.07) is 11.4. The van der Waals surface area contributed by atoms with Crippen molar-refractivity contribution >= 4 is 32.6 Å². The third kappa shape index (κ3) is 4.06. The predicted octanol–water partition coefficient (Wildman–Crippen LogP) is 3.22. The number of furan rings is 1. The molecule has 1 heterocycles. The summed E-state index contributed by atoms with van der Waals surface area (Å²) in [6.07, 6.45) is 0. The second-order valence-electron chi connectivity index (χ2n) is 5.99. The van der Waals surface area contributed by atoms with Crippen LogP contribution in [0.2, 0.25) is 0 Å². The number of fused-ring (bicyclic) bond motifs is 1. The van der Waals surface area contributed by atoms with Crippen molar-refractivity contribution in [3.05, 3.63) is 54.3 Å². The van der Waals surface area contributed by atoms with Gasteiger partial charge in [-0.15, -0.1) is 0 Å². The largest absolute Gasteiger partial charge is 0.451 e. The molecule has 0 saturated carbocycles. The average Bonchev–Trinajstić information content (AvgIpc) is 3.04. The van der Waals surface area contributed by atoms with Gasteiger partial charge in [0, 0.05) is 31.2 Å². The molecular formula is C18H16F2N2O5S. The standard InChI is InChI=1S/C18H16F2N2O5S/c1-22(2)12-8-7-11-9-15(26-14(11)10-12)17(23)21-28(24,25)16-6-4-3-5-13(16)27-18(19)20/h3-10,18H,1-2H3,(H,21,23). The van der Waals surface area contributed by atoms with Gasteiger partial charge in [0.25, 0.3) is 10.0 Å². The fourth-order valence-electron chi connectivity index (χ4n) is 2.50. The van der Waals surface area contributed by atoms with Gasteiger partial charge in [-0.1, -0.05) is 12.1 Å². The maximum Gasteiger partial charge on any atom is 0.387 e. The van der Waals surface area contributed by atoms with Crippen LogP contribution in [0.1, 0.15) is 10.6 Å². The average molecular weight is 410 g/mol. The molecule has 10 heteroatoms. The predicted molar refractivity (Wildman–Crippen MR) is 98.3 cm³/mol. The number of nitrogens with one attached hydrogen (secondary N) is 1. The van der Waals surface area contributed by atoms with Gasteiger partial charge in [-0.3, -0.25) is 4.79 Å². The van der Waals surface area contributed by atoms with E-state index in [9.17, 15) is 22.0 Å². The molecular weight excluding hydrogens is 394 g/mol. The highest BCUT2D eigenvalue weighted by atomic mass is 32.2. The highest BCUT2D eigenvalue weighted by Gasteiger charge is 2.25. The molecule has 2 aromatic carbocycles. The Balaban J connectivity index is 1.89. The number of hydrogen-bond donors (Lipinski definition) is 1. The Morgan fingerprint density at radius 2 is 1.86 bits per heavy atom. The zero-order valence-electron chi connectivity index (χ0n) is 14.8. The Kier molecular flexibility index (Phi) is 5.23. The number of ether oxygens (including phenoxy) is 1. The first kappa shape index (κ1) is 19.6. The number of benzene rings is 2. The molecule has 0 radical (unpaired) electrons. The number of nitrogens with zero attached hydrogens (tertiary/aromatic N) is 1. The number of para-hydroxylation sites is 1. The zero-order chi connectivity index (χ0) is 20.5. The molecule has 148 valence electrons. The Hall–Kier alpha value is -3.14. The molecule has 1 amide bonds. The summed E-state index contributed by atoms with van der Waals surface area (Å²) in [5.41, 5.74) is 1.23. The summed E-state index contributed by atoms with van der Waals surface area (Å²) < 4.78 is 61.4. The van der Waals surface area contributed by atoms with Gasteiger partial charge in [-0.2, -0.15) is 8.78 Å². The lowest BCUT2D eigenvalue weighted by molar-refractivity contribution is -0.0517. The number of carbonyl (C=O) groups excluding carboxylic acids is 1. The van der Waals surface area contributed by atoms with Crippen molar-refractivity contribution in [2.24, 2.45) is 0 Å². The number of anilines is 1. The SMILES string of the molecule is CN(C)c1ccc2cc(C(=O)NS(=O)(=O)c3ccccc3OC(F)F)oc2c1. The molecule has 0 unspecified atom stereocenters. The van der Waals surface area contributed by atoms with E-state index in [1.807, 2.05) is 25.1 Å². The van der Waals surface area contributed by atoms with Crippen LogP contribution in [0, 0.1) is 0 Å². The van der Waals surface area contributed by atoms with Crippen molar-refractivity contribution in [2.75, 3.05) is 19.0 Å². The van der Waals surface area contributed by atoms with Crippen LogP contribution in [0.5, 0.6) is 5.75 Å². The van der Waals surface area contributed by atoms with Crippen LogP contribution in [0.15, 0.2) is 57.8 Å². The zero-order valence-corrected chi connectivity index (χ0v) is 15.7. The first-order chi connectivity index (χ1) is 13.2. The maximum absolute atomic E-state index is 12.5. The molecule has 0 aliphatic rings. The van der Waals surface area contributed by atoms with Crippen molar-refractivity contribution in [2.45, 2.75) is 11.5 Å². The van der Waals surface area contributed by atoms with Crippen LogP contribution in [-0.2, 0) is 10.0 Å². The van der Waals surface area contributed by atoms with Gasteiger partial charge in [0.05, 0.1) is 0 Å². The van der Waals surface area contributed by atoms with E-state index in [4.69, 9.17) is 4.42 Å². The van der Waals surface area contributed by atoms with E-state index in [0.717, 1.165) is 17.8 Å². The molecule has 0 spiro atoms. The number of carbonyl (C=O) groups is 1. The fraction of sp³-hybridized carbons (Fsp3) is 0.167. The van der Waals surface area contributed by atoms with Gasteiger partial charge in [0.1, 0.15) is 16.2 Å². The van der Waals surface area contributed by atoms with E-state index in [2.05, 4.69) is 4.74 Å². The number of amides is 1. The molecule has 0 aliphatic heterocycles. The minimum Gasteiger partial charge on any atom is -0.451 e. The van der Waals surface area contributed by atoms with E-state index < -0.39 is 33.2 Å². The summed E-state index contributed by atoms with van der Waals surface area (Å²) in [6.45, 7) is -3.21. The highest BCUT2D eigenvalue weighted by molar-refractivity contribution is 7.90. The molecule has 3 rings (SSSR count). The summed E-state index contributed by atoms with van der Waals surface area (Å²) in [5.74, 6) is -1.84. The number of rotatable bonds is 6. The van der Waals surface area contributed by atoms with Crippen LogP contribution in [0.25, 0.3) is 11.0 Å². The Morgan fingerprint density at radius 3 is 2.54 bits per heavy atom. The third-order valence-corrected chi connectivity index (χ3v) is 5.20. The van der Waals surface area contributed by atoms with Crippen molar-refractivity contribution in [3.63, 3.8) is 0 Å². The topological polar surface area (TPSA) is 88.9 Å². The maximum atomic E-state index is 12.5. The van der Waals surface area contributed by atoms with Crippen LogP contribution in [0.4, 0.5) is 14.5 Å². The molecule has 3 aromatic rings. The quantitative estimate of drug-likeness (QED) is 0.671. The van der Waals surface area contributed by atoms with Gasteiger partial charge in [-0.05, 0) is 30.3 Å². The first-order valence-corrected chi connectivity index (χ1v) is 9.47. The fourth-order valence-corrected chi connectivity index (χ4v) is 3.60. The van der Waals surface area contributed by atoms with Gasteiger partial charge in [-0.25, -0.2) is 13.1 Å². The normalized spacial score (nSPS) is 11.6. The summed E-state index contributed by atoms with van der Waals surface area (Å²) in [5, 5.41) is 0.606. The number of sulfonamides is 1. The van der Waals surface area contributed by atoms with E-state index in [1.165, 1.54) is 18.2 Å². The van der Waals surface area contributed by atoms with E-state index in [0.29, 0.717) is 11.0 Å². The number of alkyl halides is 2. The van der Waals surface area contributed by atoms with Crippen molar-refractivity contribution in [3.8, 4) is 5.75 Å². The minimum atomic E-state index is -4.47. The lowest BCUT2D eigenvalue weighted by Crippen LogP contribution is -2.30. The van der Waals surface area contributed by atoms with E-state index in [-0.39, 0.29) is 5.76 Å². The van der Waals surface area contributed by atoms with Crippen molar-refractivity contribution in [1.82, 2.24) is 4.72 Å². The molecule has 0 atom stereocenters. The van der Waals surface area contributed by atoms with Crippen LogP contribution in [-0.4, -0.2) is 35.0 Å². The number of hydrogen-bond acceptors (Lipinski definition) is 6. The highest BCUT2D eigenvalue weighted by Crippen LogP contribution is 2.27. The molecule has 0 fully saturated rings. The van der Waals surface area contributed by atoms with Crippen LogP contribution < -0.4 is 14.4 Å². The smallest absolute Gasteiger partial charge is 0.387 e. The molecule has 0 aliphatic carbocycles. The number of halogens is 2. The van der Waals surface area contributed by atoms with E-state index in [1.54, 1.807) is 16.9 Å². The van der Waals surface area contributed by atoms with Crippen LogP contribution >= 0.6 is 0 Å². The minimum absolute atomic E-state index is 0.234. The second kappa shape index (κ2) is 7.47. The molecule has 0 saturated heterocycles. The second-order valence-corrected chi connectivity index (χ2v) is 7.64. The molecule has 7 nitrogen and oxygen atoms in total. The van der Waals surface area contributed by atoms with Gasteiger partial charge < -0.3 is 14.1 Å². The molecule has 1 aromatic heterocycles. The summed E-state index contributed by atoms with van der Waals surface area (Å²) >= 11 is 0. The van der Waals surface area contributed by atoms with Gasteiger partial charge in [0.15, 0.2) is 5.76 Å². The lowest BCUT2D eigenvalue weighted by atomic mass is 10.2. The first-order valence-electron chi connectivity index (χ1n) is 7.99.